The van der Waals surface area contributed by atoms with Crippen molar-refractivity contribution in [3.05, 3.63) is 57.9 Å². The highest BCUT2D eigenvalue weighted by Gasteiger charge is 2.20. The van der Waals surface area contributed by atoms with Crippen molar-refractivity contribution in [2.24, 2.45) is 0 Å². The number of rotatable bonds is 6. The third-order valence-corrected chi connectivity index (χ3v) is 4.54. The van der Waals surface area contributed by atoms with Crippen molar-refractivity contribution in [2.75, 3.05) is 6.54 Å². The first kappa shape index (κ1) is 16.3. The summed E-state index contributed by atoms with van der Waals surface area (Å²) in [5.41, 5.74) is 1.39. The molecule has 0 atom stereocenters. The Kier molecular flexibility index (Phi) is 5.00. The molecular formula is C17H16FN3O2S. The Morgan fingerprint density at radius 2 is 2.21 bits per heavy atom. The summed E-state index contributed by atoms with van der Waals surface area (Å²) < 4.78 is 19.0. The van der Waals surface area contributed by atoms with Gasteiger partial charge in [0.05, 0.1) is 22.5 Å². The number of amides is 1. The van der Waals surface area contributed by atoms with Gasteiger partial charge in [-0.15, -0.1) is 11.3 Å². The van der Waals surface area contributed by atoms with Crippen molar-refractivity contribution >= 4 is 17.2 Å². The van der Waals surface area contributed by atoms with Crippen LogP contribution in [-0.2, 0) is 12.8 Å². The van der Waals surface area contributed by atoms with E-state index < -0.39 is 5.82 Å². The maximum absolute atomic E-state index is 13.9. The number of hydrogen-bond acceptors (Lipinski definition) is 5. The van der Waals surface area contributed by atoms with Crippen molar-refractivity contribution < 1.29 is 13.7 Å². The second-order valence-corrected chi connectivity index (χ2v) is 6.08. The molecule has 0 unspecified atom stereocenters. The van der Waals surface area contributed by atoms with Gasteiger partial charge in [0.15, 0.2) is 5.76 Å². The maximum Gasteiger partial charge on any atom is 0.256 e. The second-order valence-electron chi connectivity index (χ2n) is 5.14. The molecule has 1 aromatic carbocycles. The predicted molar refractivity (Wildman–Crippen MR) is 89.4 cm³/mol. The van der Waals surface area contributed by atoms with Crippen molar-refractivity contribution in [1.29, 1.82) is 0 Å². The van der Waals surface area contributed by atoms with Crippen LogP contribution < -0.4 is 5.32 Å². The molecule has 0 fully saturated rings. The number of halogens is 1. The van der Waals surface area contributed by atoms with E-state index in [9.17, 15) is 9.18 Å². The first-order valence-corrected chi connectivity index (χ1v) is 8.48. The number of nitrogens with one attached hydrogen (secondary N) is 1. The van der Waals surface area contributed by atoms with Crippen LogP contribution in [0.5, 0.6) is 0 Å². The SMILES string of the molecule is CCc1nc(CCNC(=O)c2cnoc2-c2ccccc2F)cs1. The van der Waals surface area contributed by atoms with Crippen molar-refractivity contribution in [2.45, 2.75) is 19.8 Å². The summed E-state index contributed by atoms with van der Waals surface area (Å²) in [5.74, 6) is -0.675. The van der Waals surface area contributed by atoms with E-state index in [2.05, 4.69) is 22.4 Å². The minimum atomic E-state index is -0.460. The van der Waals surface area contributed by atoms with Gasteiger partial charge in [-0.25, -0.2) is 9.37 Å². The predicted octanol–water partition coefficient (Wildman–Crippen LogP) is 3.47. The third-order valence-electron chi connectivity index (χ3n) is 3.50. The zero-order chi connectivity index (χ0) is 16.9. The fourth-order valence-electron chi connectivity index (χ4n) is 2.27. The van der Waals surface area contributed by atoms with Crippen LogP contribution in [0.4, 0.5) is 4.39 Å². The molecule has 0 aliphatic heterocycles. The minimum Gasteiger partial charge on any atom is -0.355 e. The molecule has 7 heteroatoms. The lowest BCUT2D eigenvalue weighted by Gasteiger charge is -2.04. The van der Waals surface area contributed by atoms with Crippen LogP contribution in [0.2, 0.25) is 0 Å². The van der Waals surface area contributed by atoms with Gasteiger partial charge in [0.2, 0.25) is 0 Å². The highest BCUT2D eigenvalue weighted by Crippen LogP contribution is 2.26. The Balaban J connectivity index is 1.66. The Bertz CT molecular complexity index is 844. The fraction of sp³-hybridized carbons (Fsp3) is 0.235. The lowest BCUT2D eigenvalue weighted by atomic mass is 10.1. The molecule has 1 amide bonds. The zero-order valence-corrected chi connectivity index (χ0v) is 13.9. The third kappa shape index (κ3) is 3.51. The number of thiazole rings is 1. The molecule has 0 bridgehead atoms. The zero-order valence-electron chi connectivity index (χ0n) is 13.1. The summed E-state index contributed by atoms with van der Waals surface area (Å²) in [4.78, 5) is 16.8. The largest absolute Gasteiger partial charge is 0.355 e. The number of carbonyl (C=O) groups is 1. The van der Waals surface area contributed by atoms with Crippen LogP contribution in [-0.4, -0.2) is 22.6 Å². The number of aryl methyl sites for hydroxylation is 1. The highest BCUT2D eigenvalue weighted by atomic mass is 32.1. The first-order chi connectivity index (χ1) is 11.7. The van der Waals surface area contributed by atoms with E-state index in [1.54, 1.807) is 29.5 Å². The Morgan fingerprint density at radius 3 is 2.96 bits per heavy atom. The molecule has 2 aromatic heterocycles. The highest BCUT2D eigenvalue weighted by molar-refractivity contribution is 7.09. The van der Waals surface area contributed by atoms with Gasteiger partial charge in [0, 0.05) is 18.3 Å². The quantitative estimate of drug-likeness (QED) is 0.743. The standard InChI is InChI=1S/C17H16FN3O2S/c1-2-15-21-11(10-24-15)7-8-19-17(22)13-9-20-23-16(13)12-5-3-4-6-14(12)18/h3-6,9-10H,2,7-8H2,1H3,(H,19,22). The van der Waals surface area contributed by atoms with Crippen LogP contribution >= 0.6 is 11.3 Å². The molecule has 0 aliphatic carbocycles. The summed E-state index contributed by atoms with van der Waals surface area (Å²) in [6.07, 6.45) is 2.85. The van der Waals surface area contributed by atoms with E-state index >= 15 is 0 Å². The fourth-order valence-corrected chi connectivity index (χ4v) is 3.05. The number of benzene rings is 1. The average Bonchev–Trinajstić information content (AvgIpc) is 3.24. The topological polar surface area (TPSA) is 68.0 Å². The van der Waals surface area contributed by atoms with Gasteiger partial charge in [-0.3, -0.25) is 4.79 Å². The van der Waals surface area contributed by atoms with Crippen LogP contribution in [0.15, 0.2) is 40.4 Å². The smallest absolute Gasteiger partial charge is 0.256 e. The molecule has 1 N–H and O–H groups in total. The summed E-state index contributed by atoms with van der Waals surface area (Å²) in [5, 5.41) is 9.50. The normalized spacial score (nSPS) is 10.8. The molecule has 0 spiro atoms. The van der Waals surface area contributed by atoms with E-state index in [4.69, 9.17) is 4.52 Å². The van der Waals surface area contributed by atoms with Crippen LogP contribution in [0.3, 0.4) is 0 Å². The Morgan fingerprint density at radius 1 is 1.38 bits per heavy atom. The van der Waals surface area contributed by atoms with Gasteiger partial charge in [0.25, 0.3) is 5.91 Å². The monoisotopic (exact) mass is 345 g/mol. The number of hydrogen-bond donors (Lipinski definition) is 1. The van der Waals surface area contributed by atoms with E-state index in [0.717, 1.165) is 17.1 Å². The van der Waals surface area contributed by atoms with Gasteiger partial charge < -0.3 is 9.84 Å². The van der Waals surface area contributed by atoms with Gasteiger partial charge in [0.1, 0.15) is 11.4 Å². The van der Waals surface area contributed by atoms with Gasteiger partial charge in [-0.1, -0.05) is 24.2 Å². The molecule has 0 saturated heterocycles. The molecular weight excluding hydrogens is 329 g/mol. The van der Waals surface area contributed by atoms with E-state index in [1.165, 1.54) is 12.3 Å². The van der Waals surface area contributed by atoms with Gasteiger partial charge in [-0.2, -0.15) is 0 Å². The second kappa shape index (κ2) is 7.35. The maximum atomic E-state index is 13.9. The average molecular weight is 345 g/mol. The first-order valence-electron chi connectivity index (χ1n) is 7.60. The molecule has 5 nitrogen and oxygen atoms in total. The van der Waals surface area contributed by atoms with E-state index in [0.29, 0.717) is 13.0 Å². The minimum absolute atomic E-state index is 0.132. The van der Waals surface area contributed by atoms with Crippen molar-refractivity contribution in [3.63, 3.8) is 0 Å². The molecule has 3 rings (SSSR count). The van der Waals surface area contributed by atoms with E-state index in [-0.39, 0.29) is 22.8 Å². The lowest BCUT2D eigenvalue weighted by molar-refractivity contribution is 0.0954. The molecule has 0 radical (unpaired) electrons. The van der Waals surface area contributed by atoms with Gasteiger partial charge >= 0.3 is 0 Å². The van der Waals surface area contributed by atoms with Crippen molar-refractivity contribution in [3.8, 4) is 11.3 Å². The van der Waals surface area contributed by atoms with Crippen LogP contribution in [0, 0.1) is 5.82 Å². The molecule has 24 heavy (non-hydrogen) atoms. The summed E-state index contributed by atoms with van der Waals surface area (Å²) in [6.45, 7) is 2.49. The number of aromatic nitrogens is 2. The number of nitrogens with zero attached hydrogens (tertiary/aromatic N) is 2. The van der Waals surface area contributed by atoms with Crippen LogP contribution in [0.25, 0.3) is 11.3 Å². The molecule has 0 aliphatic rings. The summed E-state index contributed by atoms with van der Waals surface area (Å²) >= 11 is 1.62. The molecule has 3 aromatic rings. The molecule has 0 saturated carbocycles. The number of carbonyl (C=O) groups excluding carboxylic acids is 1. The van der Waals surface area contributed by atoms with Crippen LogP contribution in [0.1, 0.15) is 28.0 Å². The molecule has 124 valence electrons. The Hall–Kier alpha value is -2.54. The molecule has 2 heterocycles. The summed E-state index contributed by atoms with van der Waals surface area (Å²) in [6, 6.07) is 6.12. The van der Waals surface area contributed by atoms with Crippen molar-refractivity contribution in [1.82, 2.24) is 15.5 Å². The Labute approximate surface area is 142 Å². The van der Waals surface area contributed by atoms with E-state index in [1.807, 2.05) is 5.38 Å². The van der Waals surface area contributed by atoms with Gasteiger partial charge in [-0.05, 0) is 18.6 Å². The lowest BCUT2D eigenvalue weighted by Crippen LogP contribution is -2.25. The summed E-state index contributed by atoms with van der Waals surface area (Å²) in [7, 11) is 0.